The van der Waals surface area contributed by atoms with Crippen LogP contribution in [0.3, 0.4) is 0 Å². The van der Waals surface area contributed by atoms with E-state index in [0.29, 0.717) is 37.0 Å². The first-order chi connectivity index (χ1) is 17.4. The normalized spacial score (nSPS) is 23.6. The van der Waals surface area contributed by atoms with Crippen molar-refractivity contribution in [3.63, 3.8) is 0 Å². The third-order valence-electron chi connectivity index (χ3n) is 6.64. The van der Waals surface area contributed by atoms with E-state index in [4.69, 9.17) is 4.74 Å². The van der Waals surface area contributed by atoms with E-state index < -0.39 is 17.1 Å². The van der Waals surface area contributed by atoms with E-state index in [1.807, 2.05) is 17.5 Å². The number of amides is 3. The SMILES string of the molecule is O=C(Cn1c2c(sc1=O)[C@@H](c1cccs1)C1C(=O)N(c3ccc(Br)cc3)C(=O)C1S2)N1CCOCC1. The number of thiazole rings is 1. The number of anilines is 1. The van der Waals surface area contributed by atoms with Crippen LogP contribution in [-0.2, 0) is 25.7 Å². The zero-order chi connectivity index (χ0) is 25.0. The van der Waals surface area contributed by atoms with Gasteiger partial charge in [0.15, 0.2) is 0 Å². The number of thioether (sulfide) groups is 1. The molecule has 2 fully saturated rings. The number of ether oxygens (including phenoxy) is 1. The van der Waals surface area contributed by atoms with Crippen molar-refractivity contribution >= 4 is 73.8 Å². The lowest BCUT2D eigenvalue weighted by Gasteiger charge is -2.30. The number of rotatable bonds is 4. The zero-order valence-electron chi connectivity index (χ0n) is 18.8. The quantitative estimate of drug-likeness (QED) is 0.424. The molecule has 3 atom stereocenters. The van der Waals surface area contributed by atoms with Crippen molar-refractivity contribution in [1.82, 2.24) is 9.47 Å². The van der Waals surface area contributed by atoms with Crippen LogP contribution in [-0.4, -0.2) is 58.7 Å². The highest BCUT2D eigenvalue weighted by molar-refractivity contribution is 9.10. The molecule has 186 valence electrons. The Bertz CT molecular complexity index is 1400. The molecule has 0 N–H and O–H groups in total. The number of aromatic nitrogens is 1. The van der Waals surface area contributed by atoms with Gasteiger partial charge >= 0.3 is 4.87 Å². The summed E-state index contributed by atoms with van der Waals surface area (Å²) in [6.07, 6.45) is 0. The second kappa shape index (κ2) is 9.56. The summed E-state index contributed by atoms with van der Waals surface area (Å²) in [5.74, 6) is -1.75. The Morgan fingerprint density at radius 2 is 1.81 bits per heavy atom. The summed E-state index contributed by atoms with van der Waals surface area (Å²) in [7, 11) is 0. The van der Waals surface area contributed by atoms with Crippen molar-refractivity contribution in [2.45, 2.75) is 22.7 Å². The first-order valence-electron chi connectivity index (χ1n) is 11.4. The van der Waals surface area contributed by atoms with Gasteiger partial charge in [0, 0.05) is 33.2 Å². The number of imide groups is 1. The van der Waals surface area contributed by atoms with Gasteiger partial charge in [-0.15, -0.1) is 11.3 Å². The smallest absolute Gasteiger partial charge is 0.308 e. The molecule has 5 heterocycles. The molecule has 0 radical (unpaired) electrons. The number of fused-ring (bicyclic) bond motifs is 2. The number of thiophene rings is 1. The van der Waals surface area contributed by atoms with Gasteiger partial charge in [-0.1, -0.05) is 45.1 Å². The van der Waals surface area contributed by atoms with Gasteiger partial charge in [0.05, 0.1) is 29.8 Å². The molecule has 0 bridgehead atoms. The fourth-order valence-corrected chi connectivity index (χ4v) is 8.91. The fraction of sp³-hybridized carbons (Fsp3) is 0.333. The topological polar surface area (TPSA) is 88.9 Å². The predicted molar refractivity (Wildman–Crippen MR) is 142 cm³/mol. The minimum atomic E-state index is -0.681. The molecule has 0 spiro atoms. The zero-order valence-corrected chi connectivity index (χ0v) is 22.8. The van der Waals surface area contributed by atoms with Gasteiger partial charge in [0.1, 0.15) is 11.8 Å². The summed E-state index contributed by atoms with van der Waals surface area (Å²) in [6, 6.07) is 10.9. The number of halogens is 1. The first kappa shape index (κ1) is 24.1. The van der Waals surface area contributed by atoms with Crippen LogP contribution >= 0.6 is 50.4 Å². The average molecular weight is 607 g/mol. The molecule has 0 aliphatic carbocycles. The van der Waals surface area contributed by atoms with E-state index >= 15 is 0 Å². The number of carbonyl (C=O) groups excluding carboxylic acids is 3. The fourth-order valence-electron chi connectivity index (χ4n) is 4.92. The van der Waals surface area contributed by atoms with Crippen LogP contribution in [0.2, 0.25) is 0 Å². The van der Waals surface area contributed by atoms with Gasteiger partial charge in [-0.05, 0) is 35.7 Å². The Labute approximate surface area is 227 Å². The van der Waals surface area contributed by atoms with Crippen LogP contribution in [0.5, 0.6) is 0 Å². The molecule has 3 aromatic rings. The van der Waals surface area contributed by atoms with E-state index in [0.717, 1.165) is 25.6 Å². The van der Waals surface area contributed by atoms with E-state index in [9.17, 15) is 19.2 Å². The summed E-state index contributed by atoms with van der Waals surface area (Å²) in [5, 5.41) is 1.87. The third-order valence-corrected chi connectivity index (χ3v) is 10.7. The van der Waals surface area contributed by atoms with E-state index in [2.05, 4.69) is 15.9 Å². The average Bonchev–Trinajstić information content (AvgIpc) is 3.58. The Morgan fingerprint density at radius 1 is 1.06 bits per heavy atom. The lowest BCUT2D eigenvalue weighted by atomic mass is 9.87. The number of hydrogen-bond acceptors (Lipinski definition) is 8. The number of benzene rings is 1. The Hall–Kier alpha value is -2.25. The van der Waals surface area contributed by atoms with Crippen LogP contribution in [0.1, 0.15) is 15.7 Å². The Morgan fingerprint density at radius 3 is 2.50 bits per heavy atom. The number of hydrogen-bond donors (Lipinski definition) is 0. The first-order valence-corrected chi connectivity index (χ1v) is 14.7. The molecule has 2 saturated heterocycles. The van der Waals surface area contributed by atoms with Crippen LogP contribution in [0.4, 0.5) is 5.69 Å². The summed E-state index contributed by atoms with van der Waals surface area (Å²) < 4.78 is 7.67. The van der Waals surface area contributed by atoms with Gasteiger partial charge in [-0.2, -0.15) is 0 Å². The van der Waals surface area contributed by atoms with Crippen LogP contribution in [0.25, 0.3) is 0 Å². The molecule has 2 aromatic heterocycles. The van der Waals surface area contributed by atoms with Crippen molar-refractivity contribution < 1.29 is 19.1 Å². The maximum atomic E-state index is 13.8. The molecule has 12 heteroatoms. The molecule has 6 rings (SSSR count). The minimum absolute atomic E-state index is 0.0925. The summed E-state index contributed by atoms with van der Waals surface area (Å²) in [4.78, 5) is 57.9. The highest BCUT2D eigenvalue weighted by Gasteiger charge is 2.57. The molecule has 3 aliphatic rings. The molecule has 8 nitrogen and oxygen atoms in total. The van der Waals surface area contributed by atoms with Crippen LogP contribution in [0, 0.1) is 5.92 Å². The highest BCUT2D eigenvalue weighted by Crippen LogP contribution is 2.54. The lowest BCUT2D eigenvalue weighted by molar-refractivity contribution is -0.136. The molecular weight excluding hydrogens is 586 g/mol. The van der Waals surface area contributed by atoms with Crippen LogP contribution < -0.4 is 9.77 Å². The van der Waals surface area contributed by atoms with Gasteiger partial charge in [0.25, 0.3) is 0 Å². The van der Waals surface area contributed by atoms with Gasteiger partial charge in [0.2, 0.25) is 17.7 Å². The lowest BCUT2D eigenvalue weighted by Crippen LogP contribution is -2.43. The van der Waals surface area contributed by atoms with Crippen molar-refractivity contribution in [2.75, 3.05) is 31.2 Å². The van der Waals surface area contributed by atoms with Crippen molar-refractivity contribution in [2.24, 2.45) is 5.92 Å². The van der Waals surface area contributed by atoms with Gasteiger partial charge in [-0.25, -0.2) is 4.90 Å². The predicted octanol–water partition coefficient (Wildman–Crippen LogP) is 3.39. The number of nitrogens with zero attached hydrogens (tertiary/aromatic N) is 3. The van der Waals surface area contributed by atoms with E-state index in [1.54, 1.807) is 29.2 Å². The third kappa shape index (κ3) is 3.99. The monoisotopic (exact) mass is 605 g/mol. The molecule has 3 amide bonds. The van der Waals surface area contributed by atoms with Crippen LogP contribution in [0.15, 0.2) is 56.1 Å². The Kier molecular flexibility index (Phi) is 6.41. The van der Waals surface area contributed by atoms with Crippen molar-refractivity contribution in [3.05, 3.63) is 65.7 Å². The standard InChI is InChI=1S/C24H20BrN3O5S3/c25-13-3-5-14(6-4-13)28-21(30)18-17(15-2-1-11-34-15)20-23(35-19(18)22(28)31)27(24(32)36-20)12-16(29)26-7-9-33-10-8-26/h1-6,11,17-19H,7-10,12H2/t17-,18?,19?/m0/s1. The number of carbonyl (C=O) groups is 3. The second-order valence-corrected chi connectivity index (χ2v) is 12.7. The van der Waals surface area contributed by atoms with Gasteiger partial charge in [-0.3, -0.25) is 23.7 Å². The molecule has 0 saturated carbocycles. The van der Waals surface area contributed by atoms with E-state index in [1.165, 1.54) is 32.6 Å². The highest BCUT2D eigenvalue weighted by atomic mass is 79.9. The largest absolute Gasteiger partial charge is 0.378 e. The van der Waals surface area contributed by atoms with Crippen molar-refractivity contribution in [3.8, 4) is 0 Å². The summed E-state index contributed by atoms with van der Waals surface area (Å²) in [5.41, 5.74) is 0.524. The maximum Gasteiger partial charge on any atom is 0.308 e. The Balaban J connectivity index is 1.41. The second-order valence-electron chi connectivity index (χ2n) is 8.66. The van der Waals surface area contributed by atoms with Crippen molar-refractivity contribution in [1.29, 1.82) is 0 Å². The minimum Gasteiger partial charge on any atom is -0.378 e. The maximum absolute atomic E-state index is 13.8. The molecule has 1 aromatic carbocycles. The summed E-state index contributed by atoms with van der Waals surface area (Å²) in [6.45, 7) is 1.84. The summed E-state index contributed by atoms with van der Waals surface area (Å²) >= 11 is 7.22. The van der Waals surface area contributed by atoms with E-state index in [-0.39, 0.29) is 29.1 Å². The molecule has 36 heavy (non-hydrogen) atoms. The molecular formula is C24H20BrN3O5S3. The molecule has 2 unspecified atom stereocenters. The number of morpholine rings is 1. The molecule has 3 aliphatic heterocycles. The van der Waals surface area contributed by atoms with Gasteiger partial charge < -0.3 is 9.64 Å².